The first-order valence-electron chi connectivity index (χ1n) is 9.90. The fourth-order valence-corrected chi connectivity index (χ4v) is 3.83. The lowest BCUT2D eigenvalue weighted by molar-refractivity contribution is 0.110. The molecule has 1 heterocycles. The molecule has 6 heteroatoms. The number of hydrogen-bond acceptors (Lipinski definition) is 4. The van der Waals surface area contributed by atoms with Gasteiger partial charge in [0.25, 0.3) is 0 Å². The number of halogens is 1. The summed E-state index contributed by atoms with van der Waals surface area (Å²) >= 11 is 6.23. The second-order valence-electron chi connectivity index (χ2n) is 7.66. The predicted octanol–water partition coefficient (Wildman–Crippen LogP) is 5.41. The zero-order valence-corrected chi connectivity index (χ0v) is 17.4. The van der Waals surface area contributed by atoms with Crippen LogP contribution < -0.4 is 5.32 Å². The quantitative estimate of drug-likeness (QED) is 0.442. The van der Waals surface area contributed by atoms with Gasteiger partial charge in [-0.25, -0.2) is 4.85 Å². The van der Waals surface area contributed by atoms with Crippen LogP contribution in [-0.2, 0) is 6.54 Å². The van der Waals surface area contributed by atoms with E-state index in [1.165, 1.54) is 0 Å². The van der Waals surface area contributed by atoms with E-state index in [4.69, 9.17) is 18.2 Å². The van der Waals surface area contributed by atoms with Crippen LogP contribution in [-0.4, -0.2) is 20.9 Å². The molecule has 5 nitrogen and oxygen atoms in total. The highest BCUT2D eigenvalue weighted by atomic mass is 35.5. The molecule has 2 aromatic carbocycles. The van der Waals surface area contributed by atoms with Crippen LogP contribution >= 0.6 is 11.6 Å². The molecule has 0 bridgehead atoms. The van der Waals surface area contributed by atoms with Crippen LogP contribution in [0.4, 0.5) is 11.5 Å². The van der Waals surface area contributed by atoms with Crippen molar-refractivity contribution in [2.75, 3.05) is 5.32 Å². The topological polar surface area (TPSA) is 62.4 Å². The number of fused-ring (bicyclic) bond motifs is 1. The van der Waals surface area contributed by atoms with Crippen LogP contribution in [0.15, 0.2) is 36.4 Å². The van der Waals surface area contributed by atoms with E-state index in [0.717, 1.165) is 39.8 Å². The minimum absolute atomic E-state index is 0.505. The molecule has 30 heavy (non-hydrogen) atoms. The van der Waals surface area contributed by atoms with Gasteiger partial charge in [-0.05, 0) is 61.8 Å². The Morgan fingerprint density at radius 2 is 1.97 bits per heavy atom. The molecule has 3 aromatic rings. The minimum atomic E-state index is -0.938. The average Bonchev–Trinajstić information content (AvgIpc) is 3.19. The number of benzene rings is 2. The summed E-state index contributed by atoms with van der Waals surface area (Å²) < 4.78 is 0. The van der Waals surface area contributed by atoms with Crippen molar-refractivity contribution in [3.05, 3.63) is 69.7 Å². The van der Waals surface area contributed by atoms with E-state index in [-0.39, 0.29) is 0 Å². The van der Waals surface area contributed by atoms with E-state index in [2.05, 4.69) is 32.2 Å². The lowest BCUT2D eigenvalue weighted by Gasteiger charge is -2.13. The summed E-state index contributed by atoms with van der Waals surface area (Å²) in [5.74, 6) is 6.60. The molecule has 1 saturated carbocycles. The van der Waals surface area contributed by atoms with Crippen molar-refractivity contribution in [2.24, 2.45) is 0 Å². The van der Waals surface area contributed by atoms with Crippen molar-refractivity contribution in [3.63, 3.8) is 0 Å². The normalized spacial score (nSPS) is 14.7. The van der Waals surface area contributed by atoms with Gasteiger partial charge in [0, 0.05) is 22.3 Å². The van der Waals surface area contributed by atoms with Gasteiger partial charge in [0.15, 0.2) is 11.5 Å². The number of rotatable bonds is 3. The van der Waals surface area contributed by atoms with Crippen LogP contribution in [0.25, 0.3) is 15.6 Å². The number of nitrogens with zero attached hydrogens (tertiary/aromatic N) is 3. The smallest absolute Gasteiger partial charge is 0.188 e. The molecule has 0 spiro atoms. The van der Waals surface area contributed by atoms with Gasteiger partial charge in [0.2, 0.25) is 0 Å². The van der Waals surface area contributed by atoms with Crippen LogP contribution in [0.2, 0.25) is 5.02 Å². The molecule has 2 N–H and O–H groups in total. The van der Waals surface area contributed by atoms with Crippen LogP contribution in [0.3, 0.4) is 0 Å². The number of nitrogens with one attached hydrogen (secondary N) is 1. The van der Waals surface area contributed by atoms with Gasteiger partial charge in [0.1, 0.15) is 11.3 Å². The maximum atomic E-state index is 10.5. The van der Waals surface area contributed by atoms with Gasteiger partial charge in [-0.2, -0.15) is 0 Å². The first kappa shape index (κ1) is 20.2. The highest BCUT2D eigenvalue weighted by molar-refractivity contribution is 6.31. The van der Waals surface area contributed by atoms with Gasteiger partial charge >= 0.3 is 0 Å². The molecule has 1 fully saturated rings. The second kappa shape index (κ2) is 8.32. The molecule has 0 atom stereocenters. The fourth-order valence-electron chi connectivity index (χ4n) is 3.63. The third-order valence-corrected chi connectivity index (χ3v) is 5.84. The van der Waals surface area contributed by atoms with E-state index in [1.807, 2.05) is 31.2 Å². The molecular weight excluding hydrogens is 396 g/mol. The van der Waals surface area contributed by atoms with Crippen molar-refractivity contribution < 1.29 is 5.11 Å². The van der Waals surface area contributed by atoms with Crippen LogP contribution in [0, 0.1) is 25.3 Å². The molecule has 0 radical (unpaired) electrons. The maximum Gasteiger partial charge on any atom is 0.188 e. The highest BCUT2D eigenvalue weighted by Gasteiger charge is 2.28. The second-order valence-corrected chi connectivity index (χ2v) is 8.07. The first-order chi connectivity index (χ1) is 14.5. The number of aromatic nitrogens is 2. The molecule has 150 valence electrons. The fraction of sp³-hybridized carbons (Fsp3) is 0.292. The van der Waals surface area contributed by atoms with Crippen molar-refractivity contribution in [1.82, 2.24) is 10.2 Å². The van der Waals surface area contributed by atoms with E-state index in [0.29, 0.717) is 36.6 Å². The molecule has 0 saturated heterocycles. The number of aryl methyl sites for hydroxylation is 1. The molecule has 1 aliphatic carbocycles. The number of hydrogen-bond donors (Lipinski definition) is 2. The van der Waals surface area contributed by atoms with Gasteiger partial charge in [0.05, 0.1) is 6.57 Å². The standard InChI is InChI=1S/C24H21ClN4O/c1-16-5-6-17(13-21(16)25)15-27-23-20-14-18(26-2)7-8-19(20)22(28-29-23)9-12-24(30)10-3-4-11-24/h5-8,13-14,30H,3-4,10-11,15H2,1H3,(H,27,29). The Labute approximate surface area is 180 Å². The molecular formula is C24H21ClN4O. The number of anilines is 1. The summed E-state index contributed by atoms with van der Waals surface area (Å²) in [7, 11) is 0. The van der Waals surface area contributed by atoms with Crippen molar-refractivity contribution in [1.29, 1.82) is 0 Å². The van der Waals surface area contributed by atoms with Crippen molar-refractivity contribution >= 4 is 33.9 Å². The Kier molecular flexibility index (Phi) is 5.59. The lowest BCUT2D eigenvalue weighted by Crippen LogP contribution is -2.20. The van der Waals surface area contributed by atoms with E-state index in [9.17, 15) is 5.11 Å². The Bertz CT molecular complexity index is 1210. The first-order valence-corrected chi connectivity index (χ1v) is 10.3. The number of aliphatic hydroxyl groups is 1. The van der Waals surface area contributed by atoms with Gasteiger partial charge in [-0.1, -0.05) is 41.8 Å². The summed E-state index contributed by atoms with van der Waals surface area (Å²) in [5, 5.41) is 24.7. The van der Waals surface area contributed by atoms with Crippen LogP contribution in [0.5, 0.6) is 0 Å². The summed E-state index contributed by atoms with van der Waals surface area (Å²) in [6.07, 6.45) is 3.34. The van der Waals surface area contributed by atoms with Gasteiger partial charge in [-0.15, -0.1) is 10.2 Å². The Balaban J connectivity index is 1.69. The maximum absolute atomic E-state index is 10.5. The largest absolute Gasteiger partial charge is 0.378 e. The molecule has 0 aliphatic heterocycles. The van der Waals surface area contributed by atoms with E-state index < -0.39 is 5.60 Å². The van der Waals surface area contributed by atoms with Crippen molar-refractivity contribution in [2.45, 2.75) is 44.8 Å². The summed E-state index contributed by atoms with van der Waals surface area (Å²) in [5.41, 5.74) is 2.14. The predicted molar refractivity (Wildman–Crippen MR) is 120 cm³/mol. The Morgan fingerprint density at radius 3 is 2.70 bits per heavy atom. The molecule has 1 aromatic heterocycles. The Morgan fingerprint density at radius 1 is 1.17 bits per heavy atom. The van der Waals surface area contributed by atoms with Crippen LogP contribution in [0.1, 0.15) is 42.5 Å². The lowest BCUT2D eigenvalue weighted by atomic mass is 10.0. The summed E-state index contributed by atoms with van der Waals surface area (Å²) in [6, 6.07) is 11.3. The highest BCUT2D eigenvalue weighted by Crippen LogP contribution is 2.30. The summed E-state index contributed by atoms with van der Waals surface area (Å²) in [4.78, 5) is 3.53. The molecule has 0 unspecified atom stereocenters. The summed E-state index contributed by atoms with van der Waals surface area (Å²) in [6.45, 7) is 9.83. The third-order valence-electron chi connectivity index (χ3n) is 5.43. The van der Waals surface area contributed by atoms with Gasteiger partial charge in [-0.3, -0.25) is 0 Å². The Hall–Kier alpha value is -3.12. The molecule has 4 rings (SSSR count). The van der Waals surface area contributed by atoms with E-state index >= 15 is 0 Å². The van der Waals surface area contributed by atoms with Gasteiger partial charge < -0.3 is 10.4 Å². The zero-order chi connectivity index (χ0) is 21.1. The van der Waals surface area contributed by atoms with E-state index in [1.54, 1.807) is 12.1 Å². The van der Waals surface area contributed by atoms with Crippen molar-refractivity contribution in [3.8, 4) is 11.8 Å². The third kappa shape index (κ3) is 4.24. The monoisotopic (exact) mass is 416 g/mol. The average molecular weight is 417 g/mol. The molecule has 0 amide bonds. The SMILES string of the molecule is [C-]#[N+]c1ccc2c(C#CC3(O)CCCC3)nnc(NCc3ccc(C)c(Cl)c3)c2c1. The minimum Gasteiger partial charge on any atom is -0.378 e. The zero-order valence-electron chi connectivity index (χ0n) is 16.7. The molecule has 1 aliphatic rings.